The maximum Gasteiger partial charge on any atom is 0.164 e. The quantitative estimate of drug-likeness (QED) is 0.797. The molecule has 0 aromatic heterocycles. The summed E-state index contributed by atoms with van der Waals surface area (Å²) in [4.78, 5) is 0. The van der Waals surface area contributed by atoms with Crippen LogP contribution in [0.1, 0.15) is 30.5 Å². The first-order chi connectivity index (χ1) is 12.6. The van der Waals surface area contributed by atoms with Crippen LogP contribution >= 0.6 is 0 Å². The number of aliphatic hydroxyl groups excluding tert-OH is 1. The van der Waals surface area contributed by atoms with Crippen molar-refractivity contribution in [3.63, 3.8) is 0 Å². The summed E-state index contributed by atoms with van der Waals surface area (Å²) in [5.41, 5.74) is 3.08. The van der Waals surface area contributed by atoms with E-state index in [2.05, 4.69) is 11.4 Å². The fraction of sp³-hybridized carbons (Fsp3) is 0.429. The molecule has 1 aliphatic rings. The van der Waals surface area contributed by atoms with Crippen molar-refractivity contribution < 1.29 is 19.3 Å². The van der Waals surface area contributed by atoms with Crippen LogP contribution in [0.4, 0.5) is 0 Å². The summed E-state index contributed by atoms with van der Waals surface area (Å²) in [6, 6.07) is 12.2. The number of benzene rings is 2. The fourth-order valence-corrected chi connectivity index (χ4v) is 3.18. The molecule has 5 nitrogen and oxygen atoms in total. The first-order valence-corrected chi connectivity index (χ1v) is 9.02. The lowest BCUT2D eigenvalue weighted by Crippen LogP contribution is -2.38. The minimum Gasteiger partial charge on any atom is -0.493 e. The highest BCUT2D eigenvalue weighted by molar-refractivity contribution is 5.48. The maximum atomic E-state index is 9.60. The number of methoxy groups -OCH3 is 1. The van der Waals surface area contributed by atoms with Crippen LogP contribution < -0.4 is 19.5 Å². The Morgan fingerprint density at radius 3 is 2.81 bits per heavy atom. The summed E-state index contributed by atoms with van der Waals surface area (Å²) >= 11 is 0. The molecule has 0 radical (unpaired) electrons. The van der Waals surface area contributed by atoms with Crippen LogP contribution in [-0.4, -0.2) is 31.0 Å². The average molecular weight is 357 g/mol. The first kappa shape index (κ1) is 18.5. The molecule has 0 unspecified atom stereocenters. The van der Waals surface area contributed by atoms with Crippen molar-refractivity contribution in [2.75, 3.05) is 13.7 Å². The van der Waals surface area contributed by atoms with Gasteiger partial charge in [-0.1, -0.05) is 18.2 Å². The van der Waals surface area contributed by atoms with Crippen molar-refractivity contribution in [3.8, 4) is 17.2 Å². The molecule has 0 fully saturated rings. The van der Waals surface area contributed by atoms with Gasteiger partial charge < -0.3 is 24.6 Å². The number of rotatable bonds is 7. The van der Waals surface area contributed by atoms with Crippen LogP contribution in [-0.2, 0) is 19.6 Å². The number of nitrogens with one attached hydrogen (secondary N) is 1. The SMILES string of the molecule is COc1cccc2c1OC[C@H](NCc1ccc(OC(C)C)c(CO)c1)C2. The Kier molecular flexibility index (Phi) is 6.01. The monoisotopic (exact) mass is 357 g/mol. The lowest BCUT2D eigenvalue weighted by molar-refractivity contribution is 0.224. The zero-order valence-corrected chi connectivity index (χ0v) is 15.6. The molecule has 0 saturated carbocycles. The van der Waals surface area contributed by atoms with Gasteiger partial charge in [0.05, 0.1) is 19.8 Å². The van der Waals surface area contributed by atoms with Crippen molar-refractivity contribution in [1.82, 2.24) is 5.32 Å². The third-order valence-electron chi connectivity index (χ3n) is 4.43. The molecule has 2 aromatic rings. The molecule has 3 rings (SSSR count). The van der Waals surface area contributed by atoms with Crippen molar-refractivity contribution in [1.29, 1.82) is 0 Å². The van der Waals surface area contributed by atoms with Crippen LogP contribution in [0, 0.1) is 0 Å². The van der Waals surface area contributed by atoms with Crippen LogP contribution in [0.25, 0.3) is 0 Å². The van der Waals surface area contributed by atoms with Crippen LogP contribution in [0.5, 0.6) is 17.2 Å². The number of fused-ring (bicyclic) bond motifs is 1. The molecule has 0 bridgehead atoms. The summed E-state index contributed by atoms with van der Waals surface area (Å²) in [6.07, 6.45) is 0.981. The molecular weight excluding hydrogens is 330 g/mol. The Morgan fingerprint density at radius 2 is 2.08 bits per heavy atom. The van der Waals surface area contributed by atoms with E-state index in [-0.39, 0.29) is 18.8 Å². The standard InChI is InChI=1S/C21H27NO4/c1-14(2)26-19-8-7-15(9-17(19)12-23)11-22-18-10-16-5-4-6-20(24-3)21(16)25-13-18/h4-9,14,18,22-23H,10-13H2,1-3H3/t18-/m1/s1. The highest BCUT2D eigenvalue weighted by Crippen LogP contribution is 2.34. The van der Waals surface area contributed by atoms with Crippen LogP contribution in [0.2, 0.25) is 0 Å². The second kappa shape index (κ2) is 8.43. The van der Waals surface area contributed by atoms with E-state index in [9.17, 15) is 5.11 Å². The van der Waals surface area contributed by atoms with Gasteiger partial charge in [-0.15, -0.1) is 0 Å². The molecule has 1 heterocycles. The highest BCUT2D eigenvalue weighted by atomic mass is 16.5. The third kappa shape index (κ3) is 4.29. The molecule has 1 atom stereocenters. The Bertz CT molecular complexity index is 745. The summed E-state index contributed by atoms with van der Waals surface area (Å²) in [5.74, 6) is 2.38. The van der Waals surface area contributed by atoms with Gasteiger partial charge in [0.25, 0.3) is 0 Å². The van der Waals surface area contributed by atoms with Crippen LogP contribution in [0.3, 0.4) is 0 Å². The van der Waals surface area contributed by atoms with Gasteiger partial charge in [-0.05, 0) is 49.6 Å². The average Bonchev–Trinajstić information content (AvgIpc) is 2.66. The predicted octanol–water partition coefficient (Wildman–Crippen LogP) is 3.07. The van der Waals surface area contributed by atoms with Gasteiger partial charge in [-0.25, -0.2) is 0 Å². The van der Waals surface area contributed by atoms with Gasteiger partial charge in [-0.2, -0.15) is 0 Å². The number of para-hydroxylation sites is 1. The second-order valence-electron chi connectivity index (χ2n) is 6.81. The van der Waals surface area contributed by atoms with E-state index < -0.39 is 0 Å². The highest BCUT2D eigenvalue weighted by Gasteiger charge is 2.22. The van der Waals surface area contributed by atoms with E-state index >= 15 is 0 Å². The van der Waals surface area contributed by atoms with Crippen molar-refractivity contribution in [2.24, 2.45) is 0 Å². The lowest BCUT2D eigenvalue weighted by atomic mass is 10.0. The van der Waals surface area contributed by atoms with Crippen molar-refractivity contribution in [2.45, 2.75) is 45.6 Å². The molecule has 5 heteroatoms. The van der Waals surface area contributed by atoms with Gasteiger partial charge in [0.1, 0.15) is 12.4 Å². The molecule has 140 valence electrons. The molecule has 0 aliphatic carbocycles. The van der Waals surface area contributed by atoms with Gasteiger partial charge >= 0.3 is 0 Å². The molecule has 0 saturated heterocycles. The van der Waals surface area contributed by atoms with E-state index in [1.54, 1.807) is 7.11 Å². The summed E-state index contributed by atoms with van der Waals surface area (Å²) in [7, 11) is 1.66. The maximum absolute atomic E-state index is 9.60. The molecular formula is C21H27NO4. The largest absolute Gasteiger partial charge is 0.493 e. The minimum atomic E-state index is -0.0321. The topological polar surface area (TPSA) is 60.0 Å². The number of aliphatic hydroxyl groups is 1. The molecule has 26 heavy (non-hydrogen) atoms. The molecule has 2 N–H and O–H groups in total. The number of ether oxygens (including phenoxy) is 3. The summed E-state index contributed by atoms with van der Waals surface area (Å²) in [5, 5.41) is 13.1. The van der Waals surface area contributed by atoms with E-state index in [4.69, 9.17) is 14.2 Å². The molecule has 0 amide bonds. The van der Waals surface area contributed by atoms with Gasteiger partial charge in [0.15, 0.2) is 11.5 Å². The normalized spacial score (nSPS) is 16.1. The summed E-state index contributed by atoms with van der Waals surface area (Å²) in [6.45, 7) is 5.24. The van der Waals surface area contributed by atoms with E-state index in [0.29, 0.717) is 13.2 Å². The molecule has 1 aliphatic heterocycles. The second-order valence-corrected chi connectivity index (χ2v) is 6.81. The zero-order chi connectivity index (χ0) is 18.5. The smallest absolute Gasteiger partial charge is 0.164 e. The van der Waals surface area contributed by atoms with E-state index in [1.165, 1.54) is 0 Å². The fourth-order valence-electron chi connectivity index (χ4n) is 3.18. The van der Waals surface area contributed by atoms with E-state index in [0.717, 1.165) is 40.4 Å². The van der Waals surface area contributed by atoms with Crippen LogP contribution in [0.15, 0.2) is 36.4 Å². The van der Waals surface area contributed by atoms with Crippen molar-refractivity contribution in [3.05, 3.63) is 53.1 Å². The van der Waals surface area contributed by atoms with E-state index in [1.807, 2.05) is 44.2 Å². The summed E-state index contributed by atoms with van der Waals surface area (Å²) < 4.78 is 17.0. The predicted molar refractivity (Wildman–Crippen MR) is 101 cm³/mol. The van der Waals surface area contributed by atoms with Crippen molar-refractivity contribution >= 4 is 0 Å². The molecule has 0 spiro atoms. The molecule has 2 aromatic carbocycles. The Labute approximate surface area is 154 Å². The zero-order valence-electron chi connectivity index (χ0n) is 15.6. The number of hydrogen-bond donors (Lipinski definition) is 2. The number of hydrogen-bond acceptors (Lipinski definition) is 5. The Hall–Kier alpha value is -2.24. The van der Waals surface area contributed by atoms with Gasteiger partial charge in [0.2, 0.25) is 0 Å². The Morgan fingerprint density at radius 1 is 1.23 bits per heavy atom. The Balaban J connectivity index is 1.63. The minimum absolute atomic E-state index is 0.0321. The third-order valence-corrected chi connectivity index (χ3v) is 4.43. The first-order valence-electron chi connectivity index (χ1n) is 9.02. The van der Waals surface area contributed by atoms with Gasteiger partial charge in [0, 0.05) is 18.2 Å². The van der Waals surface area contributed by atoms with Gasteiger partial charge in [-0.3, -0.25) is 0 Å². The lowest BCUT2D eigenvalue weighted by Gasteiger charge is -2.27.